The van der Waals surface area contributed by atoms with Gasteiger partial charge in [0.2, 0.25) is 5.91 Å². The van der Waals surface area contributed by atoms with Crippen molar-refractivity contribution < 1.29 is 14.7 Å². The molecule has 150 valence electrons. The Morgan fingerprint density at radius 3 is 2.31 bits per heavy atom. The highest BCUT2D eigenvalue weighted by Crippen LogP contribution is 2.59. The van der Waals surface area contributed by atoms with Crippen molar-refractivity contribution in [2.24, 2.45) is 0 Å². The third-order valence-corrected chi connectivity index (χ3v) is 6.99. The number of amides is 1. The van der Waals surface area contributed by atoms with E-state index in [1.807, 2.05) is 42.5 Å². The number of piperidine rings is 1. The Morgan fingerprint density at radius 2 is 1.55 bits per heavy atom. The van der Waals surface area contributed by atoms with E-state index >= 15 is 0 Å². The monoisotopic (exact) mass is 390 g/mol. The molecule has 0 aromatic heterocycles. The van der Waals surface area contributed by atoms with Crippen LogP contribution in [-0.2, 0) is 15.9 Å². The Bertz CT molecular complexity index is 954. The summed E-state index contributed by atoms with van der Waals surface area (Å²) in [6.45, 7) is 3.19. The van der Waals surface area contributed by atoms with Crippen LogP contribution in [0.5, 0.6) is 0 Å². The molecule has 2 aromatic carbocycles. The Balaban J connectivity index is 1.60. The maximum absolute atomic E-state index is 13.7. The van der Waals surface area contributed by atoms with E-state index in [2.05, 4.69) is 4.90 Å². The van der Waals surface area contributed by atoms with Crippen molar-refractivity contribution in [3.63, 3.8) is 0 Å². The number of Topliss-reactive ketones (excluding diaryl/α,β-unsaturated/α-hetero) is 1. The van der Waals surface area contributed by atoms with E-state index < -0.39 is 11.1 Å². The highest BCUT2D eigenvalue weighted by Gasteiger charge is 2.72. The molecule has 3 aliphatic rings. The molecular weight excluding hydrogens is 364 g/mol. The number of likely N-dealkylation sites (tertiary alicyclic amines) is 2. The number of carbonyl (C=O) groups is 2. The topological polar surface area (TPSA) is 60.9 Å². The number of ketones is 1. The van der Waals surface area contributed by atoms with Crippen molar-refractivity contribution in [1.29, 1.82) is 0 Å². The average Bonchev–Trinajstić information content (AvgIpc) is 3.11. The molecule has 0 spiro atoms. The van der Waals surface area contributed by atoms with E-state index in [9.17, 15) is 14.7 Å². The second-order valence-electron chi connectivity index (χ2n) is 8.44. The van der Waals surface area contributed by atoms with Crippen LogP contribution < -0.4 is 0 Å². The molecule has 5 rings (SSSR count). The zero-order valence-electron chi connectivity index (χ0n) is 16.5. The van der Waals surface area contributed by atoms with Gasteiger partial charge in [-0.25, -0.2) is 0 Å². The lowest BCUT2D eigenvalue weighted by atomic mass is 9.71. The van der Waals surface area contributed by atoms with E-state index in [0.717, 1.165) is 19.6 Å². The molecule has 0 saturated carbocycles. The summed E-state index contributed by atoms with van der Waals surface area (Å²) < 4.78 is 0. The molecule has 2 atom stereocenters. The van der Waals surface area contributed by atoms with E-state index in [1.165, 1.54) is 19.3 Å². The van der Waals surface area contributed by atoms with Crippen LogP contribution in [0, 0.1) is 0 Å². The Kier molecular flexibility index (Phi) is 4.33. The predicted octanol–water partition coefficient (Wildman–Crippen LogP) is 2.68. The zero-order chi connectivity index (χ0) is 20.1. The van der Waals surface area contributed by atoms with Gasteiger partial charge in [0.15, 0.2) is 11.5 Å². The summed E-state index contributed by atoms with van der Waals surface area (Å²) in [6, 6.07) is 16.5. The van der Waals surface area contributed by atoms with Gasteiger partial charge in [0, 0.05) is 30.6 Å². The smallest absolute Gasteiger partial charge is 0.226 e. The highest BCUT2D eigenvalue weighted by molar-refractivity contribution is 6.14. The van der Waals surface area contributed by atoms with E-state index in [0.29, 0.717) is 23.2 Å². The van der Waals surface area contributed by atoms with Gasteiger partial charge >= 0.3 is 0 Å². The van der Waals surface area contributed by atoms with Gasteiger partial charge in [-0.1, -0.05) is 61.0 Å². The number of hydrogen-bond acceptors (Lipinski definition) is 4. The summed E-state index contributed by atoms with van der Waals surface area (Å²) in [5, 5.41) is 12.2. The van der Waals surface area contributed by atoms with Crippen molar-refractivity contribution >= 4 is 11.7 Å². The highest BCUT2D eigenvalue weighted by atomic mass is 16.3. The summed E-state index contributed by atoms with van der Waals surface area (Å²) in [4.78, 5) is 30.8. The van der Waals surface area contributed by atoms with Crippen molar-refractivity contribution in [3.8, 4) is 0 Å². The first-order valence-electron chi connectivity index (χ1n) is 10.5. The van der Waals surface area contributed by atoms with E-state index in [4.69, 9.17) is 0 Å². The van der Waals surface area contributed by atoms with Crippen molar-refractivity contribution in [1.82, 2.24) is 9.80 Å². The second kappa shape index (κ2) is 6.78. The predicted molar refractivity (Wildman–Crippen MR) is 109 cm³/mol. The lowest BCUT2D eigenvalue weighted by molar-refractivity contribution is -0.152. The van der Waals surface area contributed by atoms with Gasteiger partial charge in [0.1, 0.15) is 5.41 Å². The van der Waals surface area contributed by atoms with E-state index in [1.54, 1.807) is 17.0 Å². The summed E-state index contributed by atoms with van der Waals surface area (Å²) in [5.74, 6) is -0.313. The van der Waals surface area contributed by atoms with Gasteiger partial charge in [-0.2, -0.15) is 0 Å². The number of nitrogens with zero attached hydrogens (tertiary/aromatic N) is 2. The molecule has 1 amide bonds. The molecule has 2 unspecified atom stereocenters. The molecule has 2 heterocycles. The largest absolute Gasteiger partial charge is 0.366 e. The number of carbonyl (C=O) groups excluding carboxylic acids is 2. The SMILES string of the molecule is O=C1CC2(c3ccccc3)C(=O)c3ccccc3C2(O)N1CCN1CCCCC1. The molecule has 1 N–H and O–H groups in total. The fourth-order valence-electron chi connectivity index (χ4n) is 5.55. The average molecular weight is 390 g/mol. The number of rotatable bonds is 4. The maximum Gasteiger partial charge on any atom is 0.226 e. The molecule has 5 nitrogen and oxygen atoms in total. The van der Waals surface area contributed by atoms with Crippen LogP contribution in [-0.4, -0.2) is 52.8 Å². The zero-order valence-corrected chi connectivity index (χ0v) is 16.5. The molecule has 5 heteroatoms. The van der Waals surface area contributed by atoms with Gasteiger partial charge in [-0.3, -0.25) is 9.59 Å². The van der Waals surface area contributed by atoms with Crippen LogP contribution in [0.2, 0.25) is 0 Å². The molecular formula is C24H26N2O3. The standard InChI is InChI=1S/C24H26N2O3/c27-21-17-23(18-9-3-1-4-10-18)22(28)19-11-5-6-12-20(19)24(23,29)26(21)16-15-25-13-7-2-8-14-25/h1,3-6,9-12,29H,2,7-8,13-17H2. The lowest BCUT2D eigenvalue weighted by Crippen LogP contribution is -2.54. The minimum atomic E-state index is -1.64. The van der Waals surface area contributed by atoms with Crippen LogP contribution in [0.15, 0.2) is 54.6 Å². The summed E-state index contributed by atoms with van der Waals surface area (Å²) in [6.07, 6.45) is 3.60. The van der Waals surface area contributed by atoms with Gasteiger partial charge < -0.3 is 14.9 Å². The van der Waals surface area contributed by atoms with Crippen LogP contribution in [0.3, 0.4) is 0 Å². The number of fused-ring (bicyclic) bond motifs is 3. The fourth-order valence-corrected chi connectivity index (χ4v) is 5.55. The summed E-state index contributed by atoms with van der Waals surface area (Å²) in [5.41, 5.74) is -1.14. The molecule has 2 aliphatic heterocycles. The third kappa shape index (κ3) is 2.47. The van der Waals surface area contributed by atoms with Gasteiger partial charge in [-0.05, 0) is 31.5 Å². The van der Waals surface area contributed by atoms with Crippen LogP contribution in [0.25, 0.3) is 0 Å². The number of aliphatic hydroxyl groups is 1. The first kappa shape index (κ1) is 18.5. The van der Waals surface area contributed by atoms with Gasteiger partial charge in [0.05, 0.1) is 0 Å². The first-order valence-corrected chi connectivity index (χ1v) is 10.5. The lowest BCUT2D eigenvalue weighted by Gasteiger charge is -2.41. The summed E-state index contributed by atoms with van der Waals surface area (Å²) in [7, 11) is 0. The number of hydrogen-bond donors (Lipinski definition) is 1. The second-order valence-corrected chi connectivity index (χ2v) is 8.44. The molecule has 0 radical (unpaired) electrons. The number of benzene rings is 2. The van der Waals surface area contributed by atoms with Crippen molar-refractivity contribution in [2.45, 2.75) is 36.8 Å². The Morgan fingerprint density at radius 1 is 0.862 bits per heavy atom. The minimum Gasteiger partial charge on any atom is -0.366 e. The fraction of sp³-hybridized carbons (Fsp3) is 0.417. The molecule has 2 fully saturated rings. The Hall–Kier alpha value is -2.50. The van der Waals surface area contributed by atoms with Crippen molar-refractivity contribution in [3.05, 3.63) is 71.3 Å². The molecule has 1 aliphatic carbocycles. The first-order chi connectivity index (χ1) is 14.1. The third-order valence-electron chi connectivity index (χ3n) is 6.99. The molecule has 0 bridgehead atoms. The normalized spacial score (nSPS) is 29.2. The minimum absolute atomic E-state index is 0.00102. The van der Waals surface area contributed by atoms with Gasteiger partial charge in [-0.15, -0.1) is 0 Å². The van der Waals surface area contributed by atoms with Crippen molar-refractivity contribution in [2.75, 3.05) is 26.2 Å². The van der Waals surface area contributed by atoms with Crippen LogP contribution in [0.4, 0.5) is 0 Å². The maximum atomic E-state index is 13.7. The van der Waals surface area contributed by atoms with Gasteiger partial charge in [0.25, 0.3) is 0 Å². The quantitative estimate of drug-likeness (QED) is 0.872. The molecule has 29 heavy (non-hydrogen) atoms. The van der Waals surface area contributed by atoms with Crippen LogP contribution >= 0.6 is 0 Å². The Labute approximate surface area is 170 Å². The van der Waals surface area contributed by atoms with Crippen LogP contribution in [0.1, 0.15) is 47.2 Å². The summed E-state index contributed by atoms with van der Waals surface area (Å²) >= 11 is 0. The molecule has 2 saturated heterocycles. The van der Waals surface area contributed by atoms with E-state index in [-0.39, 0.29) is 18.1 Å². The molecule has 2 aromatic rings.